The number of anilines is 1. The normalized spacial score (nSPS) is 10.0. The smallest absolute Gasteiger partial charge is 0.255 e. The first-order valence-electron chi connectivity index (χ1n) is 7.50. The summed E-state index contributed by atoms with van der Waals surface area (Å²) in [5, 5.41) is 2.88. The van der Waals surface area contributed by atoms with Crippen LogP contribution in [0.25, 0.3) is 0 Å². The number of rotatable bonds is 7. The van der Waals surface area contributed by atoms with E-state index in [9.17, 15) is 4.79 Å². The zero-order valence-corrected chi connectivity index (χ0v) is 13.5. The summed E-state index contributed by atoms with van der Waals surface area (Å²) in [6.45, 7) is 6.24. The molecule has 2 aromatic rings. The molecule has 0 radical (unpaired) electrons. The number of ether oxygens (including phenoxy) is 2. The lowest BCUT2D eigenvalue weighted by Gasteiger charge is -2.11. The molecule has 23 heavy (non-hydrogen) atoms. The van der Waals surface area contributed by atoms with Crippen molar-refractivity contribution in [2.24, 2.45) is 0 Å². The fourth-order valence-electron chi connectivity index (χ4n) is 2.27. The van der Waals surface area contributed by atoms with Crippen LogP contribution in [0.1, 0.15) is 22.8 Å². The van der Waals surface area contributed by atoms with Gasteiger partial charge in [0.2, 0.25) is 0 Å². The van der Waals surface area contributed by atoms with Crippen LogP contribution < -0.4 is 14.8 Å². The van der Waals surface area contributed by atoms with Crippen LogP contribution in [0.5, 0.6) is 11.5 Å². The second-order valence-electron chi connectivity index (χ2n) is 4.93. The number of hydrogen-bond acceptors (Lipinski definition) is 3. The zero-order valence-electron chi connectivity index (χ0n) is 13.5. The third-order valence-electron chi connectivity index (χ3n) is 3.31. The third kappa shape index (κ3) is 4.36. The zero-order chi connectivity index (χ0) is 16.7. The first-order chi connectivity index (χ1) is 11.2. The van der Waals surface area contributed by atoms with E-state index in [4.69, 9.17) is 9.47 Å². The molecule has 4 heteroatoms. The van der Waals surface area contributed by atoms with Gasteiger partial charge in [-0.05, 0) is 49.2 Å². The molecule has 0 fully saturated rings. The minimum absolute atomic E-state index is 0.174. The van der Waals surface area contributed by atoms with Crippen LogP contribution in [0.4, 0.5) is 5.69 Å². The van der Waals surface area contributed by atoms with Crippen molar-refractivity contribution in [2.45, 2.75) is 13.3 Å². The summed E-state index contributed by atoms with van der Waals surface area (Å²) in [4.78, 5) is 12.4. The third-order valence-corrected chi connectivity index (χ3v) is 3.31. The highest BCUT2D eigenvalue weighted by atomic mass is 16.5. The van der Waals surface area contributed by atoms with Crippen molar-refractivity contribution in [3.8, 4) is 11.5 Å². The van der Waals surface area contributed by atoms with Gasteiger partial charge in [0, 0.05) is 17.3 Å². The highest BCUT2D eigenvalue weighted by molar-refractivity contribution is 6.04. The van der Waals surface area contributed by atoms with E-state index in [1.807, 2.05) is 31.2 Å². The summed E-state index contributed by atoms with van der Waals surface area (Å²) >= 11 is 0. The summed E-state index contributed by atoms with van der Waals surface area (Å²) in [5.74, 6) is 1.30. The molecular formula is C19H21NO3. The molecule has 4 nitrogen and oxygen atoms in total. The number of carbonyl (C=O) groups is 1. The van der Waals surface area contributed by atoms with E-state index < -0.39 is 0 Å². The summed E-state index contributed by atoms with van der Waals surface area (Å²) in [7, 11) is 1.61. The molecule has 2 aromatic carbocycles. The fraction of sp³-hybridized carbons (Fsp3) is 0.211. The Labute approximate surface area is 136 Å². The van der Waals surface area contributed by atoms with Gasteiger partial charge in [0.25, 0.3) is 5.91 Å². The van der Waals surface area contributed by atoms with Crippen LogP contribution in [-0.2, 0) is 6.42 Å². The number of benzene rings is 2. The number of amides is 1. The number of methoxy groups -OCH3 is 1. The Bertz CT molecular complexity index is 695. The van der Waals surface area contributed by atoms with Gasteiger partial charge in [-0.3, -0.25) is 4.79 Å². The van der Waals surface area contributed by atoms with Gasteiger partial charge in [0.15, 0.2) is 0 Å². The Balaban J connectivity index is 2.18. The summed E-state index contributed by atoms with van der Waals surface area (Å²) < 4.78 is 10.7. The minimum atomic E-state index is -0.174. The van der Waals surface area contributed by atoms with Crippen LogP contribution in [0.15, 0.2) is 55.1 Å². The van der Waals surface area contributed by atoms with Gasteiger partial charge >= 0.3 is 0 Å². The summed E-state index contributed by atoms with van der Waals surface area (Å²) in [6, 6.07) is 12.7. The Morgan fingerprint density at radius 1 is 1.26 bits per heavy atom. The van der Waals surface area contributed by atoms with E-state index in [0.717, 1.165) is 17.1 Å². The van der Waals surface area contributed by atoms with Crippen LogP contribution in [0, 0.1) is 0 Å². The molecule has 0 aliphatic rings. The topological polar surface area (TPSA) is 47.6 Å². The maximum atomic E-state index is 12.4. The maximum absolute atomic E-state index is 12.4. The van der Waals surface area contributed by atoms with Gasteiger partial charge in [0.05, 0.1) is 13.7 Å². The average Bonchev–Trinajstić information content (AvgIpc) is 2.56. The monoisotopic (exact) mass is 311 g/mol. The summed E-state index contributed by atoms with van der Waals surface area (Å²) in [5.41, 5.74) is 2.20. The molecule has 0 heterocycles. The van der Waals surface area contributed by atoms with Gasteiger partial charge < -0.3 is 14.8 Å². The average molecular weight is 311 g/mol. The molecule has 120 valence electrons. The molecule has 0 spiro atoms. The molecule has 0 bridgehead atoms. The molecule has 0 aromatic heterocycles. The highest BCUT2D eigenvalue weighted by Gasteiger charge is 2.10. The Kier molecular flexibility index (Phi) is 5.80. The molecular weight excluding hydrogens is 290 g/mol. The predicted octanol–water partition coefficient (Wildman–Crippen LogP) is 4.07. The van der Waals surface area contributed by atoms with E-state index >= 15 is 0 Å². The Hall–Kier alpha value is -2.75. The molecule has 1 N–H and O–H groups in total. The molecule has 1 amide bonds. The molecule has 0 saturated heterocycles. The van der Waals surface area contributed by atoms with Crippen LogP contribution in [0.2, 0.25) is 0 Å². The van der Waals surface area contributed by atoms with Crippen LogP contribution in [-0.4, -0.2) is 19.6 Å². The van der Waals surface area contributed by atoms with E-state index in [1.54, 1.807) is 31.4 Å². The van der Waals surface area contributed by atoms with Gasteiger partial charge in [-0.25, -0.2) is 0 Å². The van der Waals surface area contributed by atoms with Gasteiger partial charge in [-0.15, -0.1) is 6.58 Å². The van der Waals surface area contributed by atoms with Crippen molar-refractivity contribution in [1.82, 2.24) is 0 Å². The Morgan fingerprint density at radius 2 is 2.09 bits per heavy atom. The largest absolute Gasteiger partial charge is 0.496 e. The van der Waals surface area contributed by atoms with E-state index in [-0.39, 0.29) is 5.91 Å². The predicted molar refractivity (Wildman–Crippen MR) is 92.5 cm³/mol. The van der Waals surface area contributed by atoms with E-state index in [1.165, 1.54) is 0 Å². The minimum Gasteiger partial charge on any atom is -0.496 e. The molecule has 0 aliphatic carbocycles. The molecule has 0 aliphatic heterocycles. The van der Waals surface area contributed by atoms with Crippen molar-refractivity contribution >= 4 is 11.6 Å². The van der Waals surface area contributed by atoms with Crippen molar-refractivity contribution in [3.63, 3.8) is 0 Å². The number of carbonyl (C=O) groups excluding carboxylic acids is 1. The summed E-state index contributed by atoms with van der Waals surface area (Å²) in [6.07, 6.45) is 2.43. The fourth-order valence-corrected chi connectivity index (χ4v) is 2.27. The lowest BCUT2D eigenvalue weighted by atomic mass is 10.1. The lowest BCUT2D eigenvalue weighted by Crippen LogP contribution is -2.12. The van der Waals surface area contributed by atoms with Crippen molar-refractivity contribution in [2.75, 3.05) is 19.0 Å². The first kappa shape index (κ1) is 16.6. The quantitative estimate of drug-likeness (QED) is 0.784. The molecule has 0 unspecified atom stereocenters. The molecule has 0 atom stereocenters. The van der Waals surface area contributed by atoms with Crippen LogP contribution >= 0.6 is 0 Å². The second kappa shape index (κ2) is 8.03. The van der Waals surface area contributed by atoms with Crippen LogP contribution in [0.3, 0.4) is 0 Å². The lowest BCUT2D eigenvalue weighted by molar-refractivity contribution is 0.102. The highest BCUT2D eigenvalue weighted by Crippen LogP contribution is 2.22. The Morgan fingerprint density at radius 3 is 2.78 bits per heavy atom. The maximum Gasteiger partial charge on any atom is 0.255 e. The van der Waals surface area contributed by atoms with Crippen molar-refractivity contribution in [3.05, 3.63) is 66.2 Å². The number of nitrogens with one attached hydrogen (secondary N) is 1. The second-order valence-corrected chi connectivity index (χ2v) is 4.93. The van der Waals surface area contributed by atoms with E-state index in [0.29, 0.717) is 24.3 Å². The first-order valence-corrected chi connectivity index (χ1v) is 7.50. The van der Waals surface area contributed by atoms with Gasteiger partial charge in [-0.2, -0.15) is 0 Å². The van der Waals surface area contributed by atoms with Gasteiger partial charge in [0.1, 0.15) is 11.5 Å². The molecule has 2 rings (SSSR count). The standard InChI is InChI=1S/C19H21NO3/c1-4-7-14-12-15(10-11-18(14)22-3)19(21)20-16-8-6-9-17(13-16)23-5-2/h4,6,8-13H,1,5,7H2,2-3H3,(H,20,21). The van der Waals surface area contributed by atoms with E-state index in [2.05, 4.69) is 11.9 Å². The van der Waals surface area contributed by atoms with Crippen molar-refractivity contribution < 1.29 is 14.3 Å². The number of allylic oxidation sites excluding steroid dienone is 1. The van der Waals surface area contributed by atoms with Gasteiger partial charge in [-0.1, -0.05) is 12.1 Å². The SMILES string of the molecule is C=CCc1cc(C(=O)Nc2cccc(OCC)c2)ccc1OC. The number of hydrogen-bond donors (Lipinski definition) is 1. The van der Waals surface area contributed by atoms with Crippen molar-refractivity contribution in [1.29, 1.82) is 0 Å². The molecule has 0 saturated carbocycles.